The molecule has 0 bridgehead atoms. The van der Waals surface area contributed by atoms with Gasteiger partial charge in [0.1, 0.15) is 0 Å². The van der Waals surface area contributed by atoms with Gasteiger partial charge in [-0.3, -0.25) is 9.78 Å². The summed E-state index contributed by atoms with van der Waals surface area (Å²) >= 11 is 0. The van der Waals surface area contributed by atoms with Crippen molar-refractivity contribution in [3.8, 4) is 11.5 Å². The molecule has 0 saturated carbocycles. The minimum Gasteiger partial charge on any atom is -0.493 e. The highest BCUT2D eigenvalue weighted by atomic mass is 16.5. The van der Waals surface area contributed by atoms with Crippen molar-refractivity contribution >= 4 is 5.91 Å². The molecule has 0 radical (unpaired) electrons. The molecule has 22 heavy (non-hydrogen) atoms. The number of aryl methyl sites for hydroxylation is 1. The van der Waals surface area contributed by atoms with E-state index in [0.717, 1.165) is 17.7 Å². The third kappa shape index (κ3) is 3.97. The fraction of sp³-hybridized carbons (Fsp3) is 0.294. The predicted octanol–water partition coefficient (Wildman–Crippen LogP) is 2.38. The van der Waals surface area contributed by atoms with E-state index >= 15 is 0 Å². The number of rotatable bonds is 6. The molecule has 1 N–H and O–H groups in total. The summed E-state index contributed by atoms with van der Waals surface area (Å²) in [5.74, 6) is 1.00. The van der Waals surface area contributed by atoms with Gasteiger partial charge in [-0.2, -0.15) is 0 Å². The van der Waals surface area contributed by atoms with Gasteiger partial charge in [-0.15, -0.1) is 0 Å². The van der Waals surface area contributed by atoms with E-state index in [1.807, 2.05) is 25.3 Å². The predicted molar refractivity (Wildman–Crippen MR) is 84.6 cm³/mol. The van der Waals surface area contributed by atoms with Crippen molar-refractivity contribution in [3.05, 3.63) is 53.3 Å². The first-order valence-corrected chi connectivity index (χ1v) is 7.06. The number of carbonyl (C=O) groups is 1. The van der Waals surface area contributed by atoms with Crippen molar-refractivity contribution in [1.29, 1.82) is 0 Å². The van der Waals surface area contributed by atoms with Crippen LogP contribution in [0.25, 0.3) is 0 Å². The molecule has 5 heteroatoms. The third-order valence-corrected chi connectivity index (χ3v) is 3.32. The van der Waals surface area contributed by atoms with Crippen molar-refractivity contribution < 1.29 is 14.3 Å². The second-order valence-electron chi connectivity index (χ2n) is 4.88. The zero-order chi connectivity index (χ0) is 15.9. The Hall–Kier alpha value is -2.56. The van der Waals surface area contributed by atoms with Gasteiger partial charge >= 0.3 is 0 Å². The number of aromatic nitrogens is 1. The molecule has 116 valence electrons. The number of methoxy groups -OCH3 is 2. The summed E-state index contributed by atoms with van der Waals surface area (Å²) in [6.45, 7) is 2.50. The highest BCUT2D eigenvalue weighted by molar-refractivity contribution is 5.94. The van der Waals surface area contributed by atoms with Gasteiger partial charge in [0.05, 0.1) is 14.2 Å². The summed E-state index contributed by atoms with van der Waals surface area (Å²) in [4.78, 5) is 16.4. The van der Waals surface area contributed by atoms with Crippen LogP contribution in [-0.2, 0) is 6.42 Å². The summed E-state index contributed by atoms with van der Waals surface area (Å²) in [5.41, 5.74) is 2.62. The normalized spacial score (nSPS) is 10.1. The van der Waals surface area contributed by atoms with Crippen molar-refractivity contribution in [1.82, 2.24) is 10.3 Å². The van der Waals surface area contributed by atoms with Gasteiger partial charge in [-0.1, -0.05) is 6.07 Å². The van der Waals surface area contributed by atoms with Crippen molar-refractivity contribution in [2.75, 3.05) is 20.8 Å². The van der Waals surface area contributed by atoms with Crippen LogP contribution in [0, 0.1) is 6.92 Å². The fourth-order valence-electron chi connectivity index (χ4n) is 2.05. The number of carbonyl (C=O) groups excluding carboxylic acids is 1. The molecule has 0 aliphatic rings. The minimum absolute atomic E-state index is 0.138. The molecule has 1 amide bonds. The average molecular weight is 300 g/mol. The maximum Gasteiger partial charge on any atom is 0.251 e. The fourth-order valence-corrected chi connectivity index (χ4v) is 2.05. The molecule has 0 aliphatic carbocycles. The quantitative estimate of drug-likeness (QED) is 0.890. The van der Waals surface area contributed by atoms with Crippen LogP contribution >= 0.6 is 0 Å². The molecule has 1 aromatic carbocycles. The summed E-state index contributed by atoms with van der Waals surface area (Å²) < 4.78 is 10.4. The molecule has 5 nitrogen and oxygen atoms in total. The molecule has 1 aromatic heterocycles. The smallest absolute Gasteiger partial charge is 0.251 e. The van der Waals surface area contributed by atoms with E-state index in [2.05, 4.69) is 10.3 Å². The Kier molecular flexibility index (Phi) is 5.36. The van der Waals surface area contributed by atoms with Gasteiger partial charge < -0.3 is 14.8 Å². The standard InChI is InChI=1S/C17H20N2O3/c1-12-4-5-13(11-19-12)8-9-18-17(20)14-6-7-15(21-2)16(10-14)22-3/h4-7,10-11H,8-9H2,1-3H3,(H,18,20). The Bertz CT molecular complexity index is 639. The Morgan fingerprint density at radius 1 is 1.14 bits per heavy atom. The first-order valence-electron chi connectivity index (χ1n) is 7.06. The van der Waals surface area contributed by atoms with Gasteiger partial charge in [0.15, 0.2) is 11.5 Å². The Labute approximate surface area is 130 Å². The molecule has 0 atom stereocenters. The van der Waals surface area contributed by atoms with E-state index in [1.54, 1.807) is 32.4 Å². The average Bonchev–Trinajstić information content (AvgIpc) is 2.55. The van der Waals surface area contributed by atoms with Crippen LogP contribution < -0.4 is 14.8 Å². The first kappa shape index (κ1) is 15.8. The summed E-state index contributed by atoms with van der Waals surface area (Å²) in [7, 11) is 3.11. The van der Waals surface area contributed by atoms with Gasteiger partial charge in [0, 0.05) is 24.0 Å². The topological polar surface area (TPSA) is 60.5 Å². The molecule has 0 aliphatic heterocycles. The maximum atomic E-state index is 12.1. The van der Waals surface area contributed by atoms with E-state index in [9.17, 15) is 4.79 Å². The summed E-state index contributed by atoms with van der Waals surface area (Å²) in [6.07, 6.45) is 2.57. The van der Waals surface area contributed by atoms with Crippen molar-refractivity contribution in [3.63, 3.8) is 0 Å². The van der Waals surface area contributed by atoms with Gasteiger partial charge in [-0.05, 0) is 43.2 Å². The number of nitrogens with one attached hydrogen (secondary N) is 1. The molecule has 0 saturated heterocycles. The zero-order valence-corrected chi connectivity index (χ0v) is 13.1. The summed E-state index contributed by atoms with van der Waals surface area (Å²) in [5, 5.41) is 2.89. The van der Waals surface area contributed by atoms with Crippen LogP contribution in [0.5, 0.6) is 11.5 Å². The van der Waals surface area contributed by atoms with Crippen LogP contribution in [0.2, 0.25) is 0 Å². The monoisotopic (exact) mass is 300 g/mol. The second-order valence-corrected chi connectivity index (χ2v) is 4.88. The van der Waals surface area contributed by atoms with Gasteiger partial charge in [-0.25, -0.2) is 0 Å². The number of ether oxygens (including phenoxy) is 2. The Morgan fingerprint density at radius 3 is 2.55 bits per heavy atom. The molecule has 2 aromatic rings. The third-order valence-electron chi connectivity index (χ3n) is 3.32. The maximum absolute atomic E-state index is 12.1. The number of hydrogen-bond donors (Lipinski definition) is 1. The SMILES string of the molecule is COc1ccc(C(=O)NCCc2ccc(C)nc2)cc1OC. The van der Waals surface area contributed by atoms with E-state index in [4.69, 9.17) is 9.47 Å². The molecule has 2 rings (SSSR count). The molecule has 0 spiro atoms. The van der Waals surface area contributed by atoms with E-state index in [-0.39, 0.29) is 5.91 Å². The summed E-state index contributed by atoms with van der Waals surface area (Å²) in [6, 6.07) is 9.08. The van der Waals surface area contributed by atoms with E-state index in [1.165, 1.54) is 0 Å². The largest absolute Gasteiger partial charge is 0.493 e. The number of hydrogen-bond acceptors (Lipinski definition) is 4. The van der Waals surface area contributed by atoms with Crippen LogP contribution in [0.3, 0.4) is 0 Å². The zero-order valence-electron chi connectivity index (χ0n) is 13.1. The molecular formula is C17H20N2O3. The lowest BCUT2D eigenvalue weighted by atomic mass is 10.1. The first-order chi connectivity index (χ1) is 10.6. The number of pyridine rings is 1. The van der Waals surface area contributed by atoms with Crippen molar-refractivity contribution in [2.24, 2.45) is 0 Å². The molecule has 0 fully saturated rings. The Balaban J connectivity index is 1.93. The van der Waals surface area contributed by atoms with E-state index in [0.29, 0.717) is 23.6 Å². The second kappa shape index (κ2) is 7.45. The molecular weight excluding hydrogens is 280 g/mol. The van der Waals surface area contributed by atoms with Gasteiger partial charge in [0.2, 0.25) is 0 Å². The number of benzene rings is 1. The number of amides is 1. The highest BCUT2D eigenvalue weighted by Gasteiger charge is 2.10. The van der Waals surface area contributed by atoms with E-state index < -0.39 is 0 Å². The molecule has 1 heterocycles. The van der Waals surface area contributed by atoms with Crippen LogP contribution in [-0.4, -0.2) is 31.7 Å². The lowest BCUT2D eigenvalue weighted by Gasteiger charge is -2.10. The Morgan fingerprint density at radius 2 is 1.91 bits per heavy atom. The molecule has 0 unspecified atom stereocenters. The lowest BCUT2D eigenvalue weighted by Crippen LogP contribution is -2.25. The minimum atomic E-state index is -0.138. The van der Waals surface area contributed by atoms with Crippen LogP contribution in [0.4, 0.5) is 0 Å². The van der Waals surface area contributed by atoms with Crippen molar-refractivity contribution in [2.45, 2.75) is 13.3 Å². The lowest BCUT2D eigenvalue weighted by molar-refractivity contribution is 0.0953. The van der Waals surface area contributed by atoms with Crippen LogP contribution in [0.15, 0.2) is 36.5 Å². The highest BCUT2D eigenvalue weighted by Crippen LogP contribution is 2.27. The number of nitrogens with zero attached hydrogens (tertiary/aromatic N) is 1. The van der Waals surface area contributed by atoms with Gasteiger partial charge in [0.25, 0.3) is 5.91 Å². The van der Waals surface area contributed by atoms with Crippen LogP contribution in [0.1, 0.15) is 21.6 Å².